The maximum atomic E-state index is 11.0. The Balaban J connectivity index is 3.02. The molecule has 0 aliphatic rings. The monoisotopic (exact) mass is 259 g/mol. The molecule has 0 unspecified atom stereocenters. The third kappa shape index (κ3) is 2.38. The van der Waals surface area contributed by atoms with Gasteiger partial charge in [-0.3, -0.25) is 4.79 Å². The summed E-state index contributed by atoms with van der Waals surface area (Å²) in [4.78, 5) is 11.0. The summed E-state index contributed by atoms with van der Waals surface area (Å²) in [5, 5.41) is 10.0. The molecule has 0 aliphatic heterocycles. The van der Waals surface area contributed by atoms with Crippen LogP contribution in [0.4, 0.5) is 0 Å². The second-order valence-electron chi connectivity index (χ2n) is 2.55. The topological polar surface area (TPSA) is 72.6 Å². The van der Waals surface area contributed by atoms with Crippen LogP contribution in [0.2, 0.25) is 0 Å². The van der Waals surface area contributed by atoms with Gasteiger partial charge in [0.2, 0.25) is 0 Å². The Morgan fingerprint density at radius 1 is 1.57 bits per heavy atom. The normalized spacial score (nSPS) is 9.79. The van der Waals surface area contributed by atoms with E-state index in [9.17, 15) is 9.90 Å². The van der Waals surface area contributed by atoms with Gasteiger partial charge >= 0.3 is 0 Å². The lowest BCUT2D eigenvalue weighted by atomic mass is 10.1. The maximum Gasteiger partial charge on any atom is 0.256 e. The van der Waals surface area contributed by atoms with E-state index in [2.05, 4.69) is 15.9 Å². The van der Waals surface area contributed by atoms with Crippen molar-refractivity contribution in [3.8, 4) is 11.5 Å². The Hall–Kier alpha value is -1.23. The smallest absolute Gasteiger partial charge is 0.256 e. The van der Waals surface area contributed by atoms with E-state index in [-0.39, 0.29) is 11.3 Å². The summed E-state index contributed by atoms with van der Waals surface area (Å²) in [5.74, 6) is -0.561. The Morgan fingerprint density at radius 2 is 2.29 bits per heavy atom. The molecule has 3 N–H and O–H groups in total. The SMILES string of the molecule is NC(=O)c1c(O)cccc1OCCBr. The number of ether oxygens (including phenoxy) is 1. The molecule has 0 aromatic heterocycles. The lowest BCUT2D eigenvalue weighted by Gasteiger charge is -2.08. The van der Waals surface area contributed by atoms with Crippen LogP contribution in [0.25, 0.3) is 0 Å². The Labute approximate surface area is 89.8 Å². The highest BCUT2D eigenvalue weighted by Crippen LogP contribution is 2.26. The summed E-state index contributed by atoms with van der Waals surface area (Å²) in [6.45, 7) is 0.406. The van der Waals surface area contributed by atoms with Crippen LogP contribution in [0.3, 0.4) is 0 Å². The van der Waals surface area contributed by atoms with Gasteiger partial charge in [0, 0.05) is 5.33 Å². The second kappa shape index (κ2) is 4.85. The number of phenols is 1. The largest absolute Gasteiger partial charge is 0.507 e. The van der Waals surface area contributed by atoms with Gasteiger partial charge in [-0.05, 0) is 12.1 Å². The van der Waals surface area contributed by atoms with Gasteiger partial charge in [0.1, 0.15) is 17.1 Å². The molecule has 0 spiro atoms. The summed E-state index contributed by atoms with van der Waals surface area (Å²) in [5.41, 5.74) is 5.12. The van der Waals surface area contributed by atoms with Crippen molar-refractivity contribution in [1.29, 1.82) is 0 Å². The molecule has 0 saturated carbocycles. The molecule has 0 fully saturated rings. The van der Waals surface area contributed by atoms with E-state index in [1.165, 1.54) is 6.07 Å². The van der Waals surface area contributed by atoms with Gasteiger partial charge in [0.25, 0.3) is 5.91 Å². The highest BCUT2D eigenvalue weighted by atomic mass is 79.9. The van der Waals surface area contributed by atoms with Crippen LogP contribution in [-0.2, 0) is 0 Å². The Kier molecular flexibility index (Phi) is 3.76. The van der Waals surface area contributed by atoms with Crippen molar-refractivity contribution >= 4 is 21.8 Å². The van der Waals surface area contributed by atoms with Crippen LogP contribution < -0.4 is 10.5 Å². The number of hydrogen-bond acceptors (Lipinski definition) is 3. The minimum absolute atomic E-state index is 0.0217. The summed E-state index contributed by atoms with van der Waals surface area (Å²) in [7, 11) is 0. The van der Waals surface area contributed by atoms with Crippen molar-refractivity contribution in [2.75, 3.05) is 11.9 Å². The fourth-order valence-corrected chi connectivity index (χ4v) is 1.20. The quantitative estimate of drug-likeness (QED) is 0.800. The van der Waals surface area contributed by atoms with Crippen LogP contribution in [0.5, 0.6) is 11.5 Å². The van der Waals surface area contributed by atoms with Crippen molar-refractivity contribution in [2.24, 2.45) is 5.73 Å². The molecule has 1 aromatic rings. The number of primary amides is 1. The average Bonchev–Trinajstić information content (AvgIpc) is 2.14. The van der Waals surface area contributed by atoms with Crippen LogP contribution in [0.1, 0.15) is 10.4 Å². The first kappa shape index (κ1) is 10.8. The van der Waals surface area contributed by atoms with Crippen LogP contribution >= 0.6 is 15.9 Å². The number of aromatic hydroxyl groups is 1. The number of amides is 1. The number of halogens is 1. The van der Waals surface area contributed by atoms with E-state index >= 15 is 0 Å². The maximum absolute atomic E-state index is 11.0. The van der Waals surface area contributed by atoms with E-state index < -0.39 is 5.91 Å². The molecular formula is C9H10BrNO3. The first-order valence-electron chi connectivity index (χ1n) is 3.97. The standard InChI is InChI=1S/C9H10BrNO3/c10-4-5-14-7-3-1-2-6(12)8(7)9(11)13/h1-3,12H,4-5H2,(H2,11,13). The van der Waals surface area contributed by atoms with Crippen molar-refractivity contribution in [3.63, 3.8) is 0 Å². The molecule has 1 amide bonds. The molecule has 5 heteroatoms. The van der Waals surface area contributed by atoms with Crippen molar-refractivity contribution in [3.05, 3.63) is 23.8 Å². The third-order valence-corrected chi connectivity index (χ3v) is 1.91. The number of alkyl halides is 1. The molecule has 0 radical (unpaired) electrons. The fourth-order valence-electron chi connectivity index (χ4n) is 1.04. The number of hydrogen-bond donors (Lipinski definition) is 2. The number of carbonyl (C=O) groups excluding carboxylic acids is 1. The van der Waals surface area contributed by atoms with Gasteiger partial charge < -0.3 is 15.6 Å². The molecule has 76 valence electrons. The molecule has 0 saturated heterocycles. The summed E-state index contributed by atoms with van der Waals surface area (Å²) >= 11 is 3.18. The van der Waals surface area contributed by atoms with E-state index in [4.69, 9.17) is 10.5 Å². The molecule has 0 bridgehead atoms. The van der Waals surface area contributed by atoms with Crippen LogP contribution in [-0.4, -0.2) is 23.0 Å². The van der Waals surface area contributed by atoms with Crippen LogP contribution in [0.15, 0.2) is 18.2 Å². The predicted octanol–water partition coefficient (Wildman–Crippen LogP) is 1.26. The van der Waals surface area contributed by atoms with Crippen molar-refractivity contribution in [2.45, 2.75) is 0 Å². The van der Waals surface area contributed by atoms with Crippen molar-refractivity contribution < 1.29 is 14.6 Å². The van der Waals surface area contributed by atoms with E-state index in [1.54, 1.807) is 12.1 Å². The number of carbonyl (C=O) groups is 1. The first-order valence-corrected chi connectivity index (χ1v) is 5.09. The number of rotatable bonds is 4. The summed E-state index contributed by atoms with van der Waals surface area (Å²) in [6, 6.07) is 4.56. The van der Waals surface area contributed by atoms with Crippen molar-refractivity contribution in [1.82, 2.24) is 0 Å². The molecule has 1 rings (SSSR count). The molecule has 0 aliphatic carbocycles. The number of nitrogens with two attached hydrogens (primary N) is 1. The molecule has 0 atom stereocenters. The van der Waals surface area contributed by atoms with Gasteiger partial charge in [-0.2, -0.15) is 0 Å². The lowest BCUT2D eigenvalue weighted by Crippen LogP contribution is -2.13. The third-order valence-electron chi connectivity index (χ3n) is 1.59. The molecule has 4 nitrogen and oxygen atoms in total. The zero-order valence-electron chi connectivity index (χ0n) is 7.37. The molecule has 0 heterocycles. The van der Waals surface area contributed by atoms with E-state index in [0.29, 0.717) is 17.7 Å². The predicted molar refractivity (Wildman–Crippen MR) is 55.9 cm³/mol. The molecule has 14 heavy (non-hydrogen) atoms. The minimum Gasteiger partial charge on any atom is -0.507 e. The summed E-state index contributed by atoms with van der Waals surface area (Å²) < 4.78 is 5.22. The first-order chi connectivity index (χ1) is 6.66. The van der Waals surface area contributed by atoms with Gasteiger partial charge in [0.15, 0.2) is 0 Å². The summed E-state index contributed by atoms with van der Waals surface area (Å²) in [6.07, 6.45) is 0. The van der Waals surface area contributed by atoms with E-state index in [0.717, 1.165) is 0 Å². The average molecular weight is 260 g/mol. The lowest BCUT2D eigenvalue weighted by molar-refractivity contribution is 0.0994. The zero-order valence-corrected chi connectivity index (χ0v) is 8.95. The zero-order chi connectivity index (χ0) is 10.6. The number of benzene rings is 1. The van der Waals surface area contributed by atoms with Gasteiger partial charge in [-0.15, -0.1) is 0 Å². The van der Waals surface area contributed by atoms with Crippen LogP contribution in [0, 0.1) is 0 Å². The van der Waals surface area contributed by atoms with Gasteiger partial charge in [-0.25, -0.2) is 0 Å². The highest BCUT2D eigenvalue weighted by molar-refractivity contribution is 9.09. The minimum atomic E-state index is -0.701. The molecule has 1 aromatic carbocycles. The molecular weight excluding hydrogens is 250 g/mol. The van der Waals surface area contributed by atoms with Gasteiger partial charge in [0.05, 0.1) is 6.61 Å². The fraction of sp³-hybridized carbons (Fsp3) is 0.222. The Morgan fingerprint density at radius 3 is 2.86 bits per heavy atom. The van der Waals surface area contributed by atoms with Gasteiger partial charge in [-0.1, -0.05) is 22.0 Å². The Bertz CT molecular complexity index is 341. The second-order valence-corrected chi connectivity index (χ2v) is 3.34. The highest BCUT2D eigenvalue weighted by Gasteiger charge is 2.13. The van der Waals surface area contributed by atoms with E-state index in [1.807, 2.05) is 0 Å².